The van der Waals surface area contributed by atoms with E-state index in [1.807, 2.05) is 30.3 Å². The van der Waals surface area contributed by atoms with Crippen LogP contribution >= 0.6 is 0 Å². The molecule has 0 saturated heterocycles. The molecule has 3 aromatic carbocycles. The lowest BCUT2D eigenvalue weighted by atomic mass is 9.87. The summed E-state index contributed by atoms with van der Waals surface area (Å²) < 4.78 is 11.3. The number of methoxy groups -OCH3 is 2. The van der Waals surface area contributed by atoms with Crippen LogP contribution in [0.3, 0.4) is 0 Å². The Morgan fingerprint density at radius 2 is 1.27 bits per heavy atom. The first kappa shape index (κ1) is 17.8. The monoisotopic (exact) mass is 344 g/mol. The Hall–Kier alpha value is -3.00. The number of rotatable bonds is 6. The van der Waals surface area contributed by atoms with Gasteiger partial charge in [-0.2, -0.15) is 0 Å². The maximum Gasteiger partial charge on any atom is 0.126 e. The van der Waals surface area contributed by atoms with Gasteiger partial charge in [0.25, 0.3) is 0 Å². The van der Waals surface area contributed by atoms with Crippen molar-refractivity contribution in [1.82, 2.24) is 0 Å². The SMILES string of the molecule is COc1cccc(OC)c1C(/C=C(\C)c1ccccc1)c1ccccc1. The van der Waals surface area contributed by atoms with Crippen LogP contribution in [0.5, 0.6) is 11.5 Å². The molecule has 132 valence electrons. The van der Waals surface area contributed by atoms with E-state index in [4.69, 9.17) is 9.47 Å². The highest BCUT2D eigenvalue weighted by Crippen LogP contribution is 2.40. The second-order valence-electron chi connectivity index (χ2n) is 6.18. The lowest BCUT2D eigenvalue weighted by molar-refractivity contribution is 0.385. The predicted molar refractivity (Wildman–Crippen MR) is 108 cm³/mol. The Bertz CT molecular complexity index is 845. The first-order valence-electron chi connectivity index (χ1n) is 8.74. The molecule has 0 bridgehead atoms. The van der Waals surface area contributed by atoms with E-state index in [2.05, 4.69) is 61.5 Å². The van der Waals surface area contributed by atoms with E-state index in [0.29, 0.717) is 0 Å². The molecular formula is C24H24O2. The summed E-state index contributed by atoms with van der Waals surface area (Å²) in [4.78, 5) is 0. The van der Waals surface area contributed by atoms with Crippen LogP contribution in [0.1, 0.15) is 29.5 Å². The van der Waals surface area contributed by atoms with E-state index in [-0.39, 0.29) is 5.92 Å². The molecule has 0 heterocycles. The van der Waals surface area contributed by atoms with Gasteiger partial charge in [-0.15, -0.1) is 0 Å². The van der Waals surface area contributed by atoms with Gasteiger partial charge in [-0.3, -0.25) is 0 Å². The maximum absolute atomic E-state index is 5.67. The van der Waals surface area contributed by atoms with Crippen molar-refractivity contribution in [1.29, 1.82) is 0 Å². The second kappa shape index (κ2) is 8.39. The van der Waals surface area contributed by atoms with Gasteiger partial charge in [-0.05, 0) is 35.8 Å². The largest absolute Gasteiger partial charge is 0.496 e. The van der Waals surface area contributed by atoms with Gasteiger partial charge in [0.05, 0.1) is 14.2 Å². The van der Waals surface area contributed by atoms with E-state index < -0.39 is 0 Å². The fourth-order valence-electron chi connectivity index (χ4n) is 3.24. The van der Waals surface area contributed by atoms with Crippen molar-refractivity contribution < 1.29 is 9.47 Å². The zero-order valence-corrected chi connectivity index (χ0v) is 15.5. The van der Waals surface area contributed by atoms with Crippen molar-refractivity contribution in [3.8, 4) is 11.5 Å². The van der Waals surface area contributed by atoms with Crippen molar-refractivity contribution in [2.75, 3.05) is 14.2 Å². The van der Waals surface area contributed by atoms with Gasteiger partial charge in [0.15, 0.2) is 0 Å². The molecule has 3 aromatic rings. The van der Waals surface area contributed by atoms with E-state index in [0.717, 1.165) is 17.1 Å². The molecule has 0 amide bonds. The van der Waals surface area contributed by atoms with Crippen molar-refractivity contribution in [2.45, 2.75) is 12.8 Å². The van der Waals surface area contributed by atoms with Crippen LogP contribution in [0.2, 0.25) is 0 Å². The van der Waals surface area contributed by atoms with E-state index in [9.17, 15) is 0 Å². The molecule has 0 spiro atoms. The molecule has 0 aliphatic heterocycles. The summed E-state index contributed by atoms with van der Waals surface area (Å²) in [6.07, 6.45) is 2.28. The number of hydrogen-bond acceptors (Lipinski definition) is 2. The normalized spacial score (nSPS) is 12.5. The van der Waals surface area contributed by atoms with Crippen molar-refractivity contribution in [3.63, 3.8) is 0 Å². The van der Waals surface area contributed by atoms with Crippen LogP contribution in [0, 0.1) is 0 Å². The highest BCUT2D eigenvalue weighted by atomic mass is 16.5. The predicted octanol–water partition coefficient (Wildman–Crippen LogP) is 5.94. The zero-order chi connectivity index (χ0) is 18.4. The molecule has 0 radical (unpaired) electrons. The summed E-state index contributed by atoms with van der Waals surface area (Å²) in [7, 11) is 3.40. The lowest BCUT2D eigenvalue weighted by Gasteiger charge is -2.21. The van der Waals surface area contributed by atoms with Crippen LogP contribution in [0.25, 0.3) is 5.57 Å². The van der Waals surface area contributed by atoms with Crippen molar-refractivity contribution in [2.24, 2.45) is 0 Å². The van der Waals surface area contributed by atoms with Crippen LogP contribution in [-0.4, -0.2) is 14.2 Å². The molecular weight excluding hydrogens is 320 g/mol. The molecule has 1 unspecified atom stereocenters. The maximum atomic E-state index is 5.67. The zero-order valence-electron chi connectivity index (χ0n) is 15.5. The van der Waals surface area contributed by atoms with Gasteiger partial charge in [0.1, 0.15) is 11.5 Å². The molecule has 2 heteroatoms. The van der Waals surface area contributed by atoms with Gasteiger partial charge in [0.2, 0.25) is 0 Å². The smallest absolute Gasteiger partial charge is 0.126 e. The fourth-order valence-corrected chi connectivity index (χ4v) is 3.24. The molecule has 0 aliphatic carbocycles. The van der Waals surface area contributed by atoms with Crippen LogP contribution in [-0.2, 0) is 0 Å². The van der Waals surface area contributed by atoms with E-state index in [1.54, 1.807) is 14.2 Å². The average molecular weight is 344 g/mol. The first-order chi connectivity index (χ1) is 12.7. The number of benzene rings is 3. The first-order valence-corrected chi connectivity index (χ1v) is 8.74. The topological polar surface area (TPSA) is 18.5 Å². The Labute approximate surface area is 155 Å². The number of hydrogen-bond donors (Lipinski definition) is 0. The van der Waals surface area contributed by atoms with E-state index in [1.165, 1.54) is 16.7 Å². The third-order valence-electron chi connectivity index (χ3n) is 4.58. The minimum atomic E-state index is 0.0301. The Morgan fingerprint density at radius 3 is 1.81 bits per heavy atom. The Morgan fingerprint density at radius 1 is 0.731 bits per heavy atom. The van der Waals surface area contributed by atoms with E-state index >= 15 is 0 Å². The third-order valence-corrected chi connectivity index (χ3v) is 4.58. The molecule has 3 rings (SSSR count). The molecule has 0 aromatic heterocycles. The van der Waals surface area contributed by atoms with Crippen LogP contribution in [0.4, 0.5) is 0 Å². The lowest BCUT2D eigenvalue weighted by Crippen LogP contribution is -2.04. The number of allylic oxidation sites excluding steroid dienone is 2. The molecule has 0 N–H and O–H groups in total. The summed E-state index contributed by atoms with van der Waals surface area (Å²) in [5, 5.41) is 0. The Kier molecular flexibility index (Phi) is 5.75. The van der Waals surface area contributed by atoms with Gasteiger partial charge < -0.3 is 9.47 Å². The van der Waals surface area contributed by atoms with Crippen molar-refractivity contribution >= 4 is 5.57 Å². The minimum absolute atomic E-state index is 0.0301. The van der Waals surface area contributed by atoms with Crippen molar-refractivity contribution in [3.05, 3.63) is 102 Å². The van der Waals surface area contributed by atoms with Crippen LogP contribution < -0.4 is 9.47 Å². The van der Waals surface area contributed by atoms with Gasteiger partial charge in [0, 0.05) is 11.5 Å². The summed E-state index contributed by atoms with van der Waals surface area (Å²) in [6, 6.07) is 26.8. The summed E-state index contributed by atoms with van der Waals surface area (Å²) in [5.74, 6) is 1.69. The molecule has 2 nitrogen and oxygen atoms in total. The molecule has 26 heavy (non-hydrogen) atoms. The quantitative estimate of drug-likeness (QED) is 0.551. The molecule has 1 atom stereocenters. The summed E-state index contributed by atoms with van der Waals surface area (Å²) in [5.41, 5.74) is 4.67. The summed E-state index contributed by atoms with van der Waals surface area (Å²) >= 11 is 0. The van der Waals surface area contributed by atoms with Gasteiger partial charge in [-0.1, -0.05) is 72.8 Å². The standard InChI is InChI=1S/C24H24O2/c1-18(19-11-6-4-7-12-19)17-21(20-13-8-5-9-14-20)24-22(25-2)15-10-16-23(24)26-3/h4-17,21H,1-3H3/b18-17+. The molecule has 0 fully saturated rings. The van der Waals surface area contributed by atoms with Gasteiger partial charge >= 0.3 is 0 Å². The highest BCUT2D eigenvalue weighted by molar-refractivity contribution is 5.67. The third kappa shape index (κ3) is 3.80. The van der Waals surface area contributed by atoms with Gasteiger partial charge in [-0.25, -0.2) is 0 Å². The molecule has 0 saturated carbocycles. The minimum Gasteiger partial charge on any atom is -0.496 e. The number of ether oxygens (including phenoxy) is 2. The van der Waals surface area contributed by atoms with Crippen LogP contribution in [0.15, 0.2) is 84.9 Å². The second-order valence-corrected chi connectivity index (χ2v) is 6.18. The highest BCUT2D eigenvalue weighted by Gasteiger charge is 2.21. The fraction of sp³-hybridized carbons (Fsp3) is 0.167. The Balaban J connectivity index is 2.18. The average Bonchev–Trinajstić information content (AvgIpc) is 2.72. The molecule has 0 aliphatic rings. The summed E-state index contributed by atoms with van der Waals surface area (Å²) in [6.45, 7) is 2.15.